The van der Waals surface area contributed by atoms with Crippen LogP contribution in [0.2, 0.25) is 0 Å². The van der Waals surface area contributed by atoms with E-state index >= 15 is 4.79 Å². The van der Waals surface area contributed by atoms with Crippen molar-refractivity contribution in [2.45, 2.75) is 68.6 Å². The first-order valence-corrected chi connectivity index (χ1v) is 23.3. The SMILES string of the molecule is O=C1c2cc3c(cc2-c2ccccc2C12CCCC2)c1c2c4ccccc4n(-c4c(-c5ccccc5)cccc4-c4ccccc4)c2cc2c4cc5c(cc4n3c21)C1CCC5CC1. The third kappa shape index (κ3) is 4.38. The topological polar surface area (TPSA) is 26.4 Å². The van der Waals surface area contributed by atoms with E-state index < -0.39 is 5.41 Å². The predicted molar refractivity (Wildman–Crippen MR) is 260 cm³/mol. The van der Waals surface area contributed by atoms with Gasteiger partial charge in [0.25, 0.3) is 0 Å². The van der Waals surface area contributed by atoms with Crippen LogP contribution in [0.1, 0.15) is 90.3 Å². The number of aromatic nitrogens is 2. The summed E-state index contributed by atoms with van der Waals surface area (Å²) in [6.07, 6.45) is 9.24. The van der Waals surface area contributed by atoms with Crippen LogP contribution in [0.15, 0.2) is 158 Å². The summed E-state index contributed by atoms with van der Waals surface area (Å²) in [5, 5.41) is 7.67. The smallest absolute Gasteiger partial charge is 0.174 e. The Kier molecular flexibility index (Phi) is 6.78. The molecule has 11 aromatic rings. The molecule has 5 aliphatic carbocycles. The lowest BCUT2D eigenvalue weighted by atomic mass is 9.65. The normalized spacial score (nSPS) is 18.8. The predicted octanol–water partition coefficient (Wildman–Crippen LogP) is 15.7. The highest BCUT2D eigenvalue weighted by Crippen LogP contribution is 2.56. The molecule has 300 valence electrons. The number of fused-ring (bicyclic) bond motifs is 16. The molecule has 0 N–H and O–H groups in total. The first kappa shape index (κ1) is 34.6. The van der Waals surface area contributed by atoms with Crippen LogP contribution in [-0.4, -0.2) is 14.8 Å². The highest BCUT2D eigenvalue weighted by atomic mass is 16.1. The van der Waals surface area contributed by atoms with E-state index in [1.54, 1.807) is 11.1 Å². The molecule has 2 saturated carbocycles. The van der Waals surface area contributed by atoms with Crippen LogP contribution in [0.25, 0.3) is 99.0 Å². The molecule has 0 saturated heterocycles. The molecule has 2 bridgehead atoms. The number of benzene rings is 8. The molecule has 0 aliphatic heterocycles. The maximum Gasteiger partial charge on any atom is 0.174 e. The van der Waals surface area contributed by atoms with Gasteiger partial charge in [0.15, 0.2) is 5.78 Å². The molecule has 3 nitrogen and oxygen atoms in total. The molecule has 3 heterocycles. The van der Waals surface area contributed by atoms with Crippen LogP contribution in [0.5, 0.6) is 0 Å². The van der Waals surface area contributed by atoms with Crippen LogP contribution in [0, 0.1) is 0 Å². The molecule has 16 rings (SSSR count). The van der Waals surface area contributed by atoms with E-state index in [-0.39, 0.29) is 0 Å². The van der Waals surface area contributed by atoms with Gasteiger partial charge in [0, 0.05) is 49.0 Å². The number of para-hydroxylation sites is 2. The summed E-state index contributed by atoms with van der Waals surface area (Å²) in [4.78, 5) is 15.2. The summed E-state index contributed by atoms with van der Waals surface area (Å²) in [5.41, 5.74) is 19.3. The molecule has 0 radical (unpaired) electrons. The van der Waals surface area contributed by atoms with Crippen LogP contribution >= 0.6 is 0 Å². The molecule has 1 spiro atoms. The zero-order chi connectivity index (χ0) is 41.1. The lowest BCUT2D eigenvalue weighted by Gasteiger charge is -2.38. The van der Waals surface area contributed by atoms with Gasteiger partial charge in [-0.1, -0.05) is 134 Å². The second kappa shape index (κ2) is 12.4. The van der Waals surface area contributed by atoms with Gasteiger partial charge in [-0.05, 0) is 126 Å². The third-order valence-corrected chi connectivity index (χ3v) is 16.4. The Morgan fingerprint density at radius 2 is 1.06 bits per heavy atom. The molecular weight excluding hydrogens is 765 g/mol. The zero-order valence-corrected chi connectivity index (χ0v) is 35.1. The second-order valence-electron chi connectivity index (χ2n) is 19.3. The van der Waals surface area contributed by atoms with Gasteiger partial charge in [-0.25, -0.2) is 0 Å². The summed E-state index contributed by atoms with van der Waals surface area (Å²) in [5.74, 6) is 1.58. The first-order chi connectivity index (χ1) is 31.2. The molecule has 0 amide bonds. The van der Waals surface area contributed by atoms with Crippen molar-refractivity contribution in [2.75, 3.05) is 0 Å². The summed E-state index contributed by atoms with van der Waals surface area (Å²) in [7, 11) is 0. The van der Waals surface area contributed by atoms with E-state index in [0.717, 1.165) is 42.3 Å². The minimum absolute atomic E-state index is 0.322. The van der Waals surface area contributed by atoms with E-state index in [0.29, 0.717) is 17.6 Å². The van der Waals surface area contributed by atoms with Crippen molar-refractivity contribution in [1.82, 2.24) is 8.97 Å². The molecule has 3 heteroatoms. The fourth-order valence-corrected chi connectivity index (χ4v) is 13.7. The molecule has 8 aromatic carbocycles. The largest absolute Gasteiger partial charge is 0.308 e. The molecular formula is C60H44N2O. The van der Waals surface area contributed by atoms with Crippen molar-refractivity contribution >= 4 is 65.7 Å². The quantitative estimate of drug-likeness (QED) is 0.175. The Hall–Kier alpha value is -6.97. The van der Waals surface area contributed by atoms with Crippen molar-refractivity contribution in [3.8, 4) is 39.1 Å². The van der Waals surface area contributed by atoms with Gasteiger partial charge >= 0.3 is 0 Å². The Labute approximate surface area is 365 Å². The first-order valence-electron chi connectivity index (χ1n) is 23.3. The second-order valence-corrected chi connectivity index (χ2v) is 19.3. The number of rotatable bonds is 3. The number of ketones is 1. The average molecular weight is 809 g/mol. The van der Waals surface area contributed by atoms with Gasteiger partial charge in [-0.2, -0.15) is 0 Å². The lowest BCUT2D eigenvalue weighted by Crippen LogP contribution is -2.36. The average Bonchev–Trinajstić information content (AvgIpc) is 4.13. The van der Waals surface area contributed by atoms with E-state index in [1.165, 1.54) is 119 Å². The standard InChI is InChI=1S/C60H44N2O/c63-59-48-34-53-49(31-45(48)41-18-7-9-22-50(41)60(59)28-11-12-29-60)56-55-42-19-8-10-23-51(42)61(57-39(35-14-3-1-4-15-35)20-13-21-40(57)36-16-5-2-6-17-36)54(55)33-47-46-30-43-37-24-26-38(27-25-37)44(43)32-52(46)62(53)58(47)56/h1-10,13-23,30-34,37-38H,11-12,24-29H2. The van der Waals surface area contributed by atoms with Gasteiger partial charge < -0.3 is 8.97 Å². The number of hydrogen-bond donors (Lipinski definition) is 0. The Morgan fingerprint density at radius 3 is 1.79 bits per heavy atom. The molecule has 2 fully saturated rings. The van der Waals surface area contributed by atoms with E-state index in [4.69, 9.17) is 0 Å². The van der Waals surface area contributed by atoms with Crippen LogP contribution < -0.4 is 0 Å². The Bertz CT molecular complexity index is 3700. The number of hydrogen-bond acceptors (Lipinski definition) is 1. The van der Waals surface area contributed by atoms with Crippen LogP contribution in [0.3, 0.4) is 0 Å². The monoisotopic (exact) mass is 808 g/mol. The number of carbonyl (C=O) groups excluding carboxylic acids is 1. The lowest BCUT2D eigenvalue weighted by molar-refractivity contribution is 0.0884. The van der Waals surface area contributed by atoms with Crippen molar-refractivity contribution in [3.05, 3.63) is 180 Å². The van der Waals surface area contributed by atoms with Crippen LogP contribution in [0.4, 0.5) is 0 Å². The number of nitrogens with zero attached hydrogens (tertiary/aromatic N) is 2. The summed E-state index contributed by atoms with van der Waals surface area (Å²) in [6.45, 7) is 0. The molecule has 63 heavy (non-hydrogen) atoms. The number of Topliss-reactive ketones (excluding diaryl/α,β-unsaturated/α-hetero) is 1. The van der Waals surface area contributed by atoms with Gasteiger partial charge in [-0.3, -0.25) is 4.79 Å². The van der Waals surface area contributed by atoms with Gasteiger partial charge in [-0.15, -0.1) is 0 Å². The van der Waals surface area contributed by atoms with Crippen molar-refractivity contribution < 1.29 is 4.79 Å². The molecule has 3 aromatic heterocycles. The third-order valence-electron chi connectivity index (χ3n) is 16.4. The fraction of sp³-hybridized carbons (Fsp3) is 0.183. The van der Waals surface area contributed by atoms with Crippen molar-refractivity contribution in [2.24, 2.45) is 0 Å². The Morgan fingerprint density at radius 1 is 0.444 bits per heavy atom. The highest BCUT2D eigenvalue weighted by molar-refractivity contribution is 6.36. The molecule has 5 aliphatic rings. The van der Waals surface area contributed by atoms with Gasteiger partial charge in [0.2, 0.25) is 0 Å². The molecule has 0 atom stereocenters. The van der Waals surface area contributed by atoms with Crippen molar-refractivity contribution in [1.29, 1.82) is 0 Å². The maximum absolute atomic E-state index is 15.2. The summed E-state index contributed by atoms with van der Waals surface area (Å²) in [6, 6.07) is 59.1. The summed E-state index contributed by atoms with van der Waals surface area (Å²) < 4.78 is 5.18. The minimum Gasteiger partial charge on any atom is -0.308 e. The number of carbonyl (C=O) groups is 1. The van der Waals surface area contributed by atoms with E-state index in [1.807, 2.05) is 0 Å². The molecule has 0 unspecified atom stereocenters. The van der Waals surface area contributed by atoms with Crippen molar-refractivity contribution in [3.63, 3.8) is 0 Å². The van der Waals surface area contributed by atoms with Crippen LogP contribution in [-0.2, 0) is 5.41 Å². The van der Waals surface area contributed by atoms with E-state index in [2.05, 4.69) is 167 Å². The zero-order valence-electron chi connectivity index (χ0n) is 35.1. The fourth-order valence-electron chi connectivity index (χ4n) is 13.7. The minimum atomic E-state index is -0.432. The Balaban J connectivity index is 1.15. The summed E-state index contributed by atoms with van der Waals surface area (Å²) >= 11 is 0. The van der Waals surface area contributed by atoms with Gasteiger partial charge in [0.05, 0.1) is 38.7 Å². The van der Waals surface area contributed by atoms with Gasteiger partial charge in [0.1, 0.15) is 0 Å². The highest BCUT2D eigenvalue weighted by Gasteiger charge is 2.48. The maximum atomic E-state index is 15.2. The van der Waals surface area contributed by atoms with E-state index in [9.17, 15) is 0 Å².